The predicted octanol–water partition coefficient (Wildman–Crippen LogP) is 2.77. The Bertz CT molecular complexity index is 751. The normalized spacial score (nSPS) is 15.3. The molecule has 0 saturated heterocycles. The first-order valence-corrected chi connectivity index (χ1v) is 6.23. The zero-order chi connectivity index (χ0) is 14.1. The molecule has 1 heterocycles. The molecule has 0 aliphatic carbocycles. The van der Waals surface area contributed by atoms with E-state index in [9.17, 15) is 4.79 Å². The fourth-order valence-electron chi connectivity index (χ4n) is 2.22. The van der Waals surface area contributed by atoms with Crippen molar-refractivity contribution in [1.29, 1.82) is 0 Å². The summed E-state index contributed by atoms with van der Waals surface area (Å²) in [5.41, 5.74) is 3.73. The van der Waals surface area contributed by atoms with Gasteiger partial charge in [0.05, 0.1) is 11.4 Å². The lowest BCUT2D eigenvalue weighted by Gasteiger charge is -2.07. The lowest BCUT2D eigenvalue weighted by molar-refractivity contribution is -0.111. The van der Waals surface area contributed by atoms with Gasteiger partial charge in [-0.2, -0.15) is 0 Å². The number of amides is 1. The summed E-state index contributed by atoms with van der Waals surface area (Å²) in [4.78, 5) is 18.3. The van der Waals surface area contributed by atoms with Gasteiger partial charge in [0.2, 0.25) is 0 Å². The van der Waals surface area contributed by atoms with Gasteiger partial charge in [0.25, 0.3) is 5.91 Å². The van der Waals surface area contributed by atoms with Crippen LogP contribution < -0.4 is 4.90 Å². The molecule has 3 heteroatoms. The number of nitrogens with zero attached hydrogens (tertiary/aromatic N) is 2. The first kappa shape index (κ1) is 12.2. The molecule has 0 fully saturated rings. The van der Waals surface area contributed by atoms with Crippen molar-refractivity contribution in [1.82, 2.24) is 0 Å². The van der Waals surface area contributed by atoms with Crippen LogP contribution in [0.4, 0.5) is 11.4 Å². The molecule has 1 aliphatic rings. The number of benzene rings is 2. The number of carbonyl (C=O) groups is 1. The number of aliphatic imine (C=N–C) groups is 1. The molecule has 0 N–H and O–H groups in total. The van der Waals surface area contributed by atoms with Gasteiger partial charge in [0, 0.05) is 18.2 Å². The number of hydrogen-bond acceptors (Lipinski definition) is 2. The number of rotatable bonds is 1. The second-order valence-electron chi connectivity index (χ2n) is 4.53. The average molecular weight is 260 g/mol. The van der Waals surface area contributed by atoms with Crippen LogP contribution in [0.1, 0.15) is 11.1 Å². The van der Waals surface area contributed by atoms with Crippen molar-refractivity contribution in [3.8, 4) is 12.3 Å². The molecule has 0 radical (unpaired) electrons. The summed E-state index contributed by atoms with van der Waals surface area (Å²) < 4.78 is 0. The zero-order valence-electron chi connectivity index (χ0n) is 11.0. The number of anilines is 1. The first-order chi connectivity index (χ1) is 9.70. The van der Waals surface area contributed by atoms with Gasteiger partial charge in [0.1, 0.15) is 5.71 Å². The van der Waals surface area contributed by atoms with Crippen molar-refractivity contribution >= 4 is 23.0 Å². The molecule has 0 unspecified atom stereocenters. The fraction of sp³-hybridized carbons (Fsp3) is 0.0588. The molecule has 1 amide bonds. The Balaban J connectivity index is 2.07. The monoisotopic (exact) mass is 260 g/mol. The second-order valence-corrected chi connectivity index (χ2v) is 4.53. The van der Waals surface area contributed by atoms with Crippen LogP contribution >= 0.6 is 0 Å². The number of para-hydroxylation sites is 1. The molecule has 0 aromatic heterocycles. The quantitative estimate of drug-likeness (QED) is 0.726. The minimum atomic E-state index is -0.0905. The molecule has 2 aromatic rings. The van der Waals surface area contributed by atoms with Crippen LogP contribution in [0.25, 0.3) is 0 Å². The van der Waals surface area contributed by atoms with Gasteiger partial charge >= 0.3 is 0 Å². The molecule has 2 aromatic carbocycles. The van der Waals surface area contributed by atoms with Crippen LogP contribution in [-0.2, 0) is 4.79 Å². The van der Waals surface area contributed by atoms with Gasteiger partial charge < -0.3 is 4.90 Å². The number of hydrogen-bond donors (Lipinski definition) is 0. The zero-order valence-corrected chi connectivity index (χ0v) is 11.0. The van der Waals surface area contributed by atoms with Crippen LogP contribution in [0.2, 0.25) is 0 Å². The maximum Gasteiger partial charge on any atom is 0.277 e. The molecule has 96 valence electrons. The van der Waals surface area contributed by atoms with E-state index in [0.29, 0.717) is 5.71 Å². The highest BCUT2D eigenvalue weighted by atomic mass is 16.2. The highest BCUT2D eigenvalue weighted by Crippen LogP contribution is 2.29. The summed E-state index contributed by atoms with van der Waals surface area (Å²) >= 11 is 0. The third kappa shape index (κ3) is 1.88. The second kappa shape index (κ2) is 4.67. The van der Waals surface area contributed by atoms with Crippen molar-refractivity contribution in [2.75, 3.05) is 11.9 Å². The van der Waals surface area contributed by atoms with Crippen molar-refractivity contribution < 1.29 is 4.79 Å². The van der Waals surface area contributed by atoms with Gasteiger partial charge in [-0.1, -0.05) is 24.1 Å². The summed E-state index contributed by atoms with van der Waals surface area (Å²) in [7, 11) is 1.76. The van der Waals surface area contributed by atoms with E-state index in [4.69, 9.17) is 6.42 Å². The number of carbonyl (C=O) groups excluding carboxylic acids is 1. The largest absolute Gasteiger partial charge is 0.309 e. The van der Waals surface area contributed by atoms with Crippen LogP contribution in [0.15, 0.2) is 53.5 Å². The Kier molecular flexibility index (Phi) is 2.85. The van der Waals surface area contributed by atoms with E-state index in [2.05, 4.69) is 10.9 Å². The highest BCUT2D eigenvalue weighted by Gasteiger charge is 2.30. The molecular weight excluding hydrogens is 248 g/mol. The average Bonchev–Trinajstić information content (AvgIpc) is 2.74. The van der Waals surface area contributed by atoms with Crippen molar-refractivity contribution in [3.63, 3.8) is 0 Å². The molecule has 3 nitrogen and oxygen atoms in total. The van der Waals surface area contributed by atoms with Crippen molar-refractivity contribution in [2.24, 2.45) is 4.99 Å². The van der Waals surface area contributed by atoms with Gasteiger partial charge in [-0.15, -0.1) is 6.42 Å². The molecule has 1 aliphatic heterocycles. The lowest BCUT2D eigenvalue weighted by atomic mass is 10.1. The number of terminal acetylenes is 1. The molecular formula is C17H12N2O. The van der Waals surface area contributed by atoms with E-state index in [1.54, 1.807) is 11.9 Å². The van der Waals surface area contributed by atoms with Gasteiger partial charge in [-0.25, -0.2) is 4.99 Å². The van der Waals surface area contributed by atoms with Gasteiger partial charge in [0.15, 0.2) is 0 Å². The van der Waals surface area contributed by atoms with Crippen LogP contribution in [0.5, 0.6) is 0 Å². The molecule has 0 atom stereocenters. The third-order valence-electron chi connectivity index (χ3n) is 3.30. The van der Waals surface area contributed by atoms with E-state index >= 15 is 0 Å². The Morgan fingerprint density at radius 2 is 1.80 bits per heavy atom. The molecule has 0 spiro atoms. The van der Waals surface area contributed by atoms with Gasteiger partial charge in [-0.05, 0) is 30.3 Å². The molecule has 0 bridgehead atoms. The Labute approximate surface area is 117 Å². The third-order valence-corrected chi connectivity index (χ3v) is 3.30. The van der Waals surface area contributed by atoms with E-state index in [1.165, 1.54) is 0 Å². The SMILES string of the molecule is C#Cc1ccc(N=C2C(=O)N(C)c3ccccc32)cc1. The lowest BCUT2D eigenvalue weighted by Crippen LogP contribution is -2.25. The van der Waals surface area contributed by atoms with E-state index < -0.39 is 0 Å². The maximum absolute atomic E-state index is 12.3. The minimum absolute atomic E-state index is 0.0905. The first-order valence-electron chi connectivity index (χ1n) is 6.23. The standard InChI is InChI=1S/C17H12N2O/c1-3-12-8-10-13(11-9-12)18-16-14-6-4-5-7-15(14)19(2)17(16)20/h1,4-11H,2H3. The number of fused-ring (bicyclic) bond motifs is 1. The fourth-order valence-corrected chi connectivity index (χ4v) is 2.22. The molecule has 0 saturated carbocycles. The van der Waals surface area contributed by atoms with Crippen molar-refractivity contribution in [3.05, 3.63) is 59.7 Å². The van der Waals surface area contributed by atoms with E-state index in [-0.39, 0.29) is 5.91 Å². The van der Waals surface area contributed by atoms with E-state index in [0.717, 1.165) is 22.5 Å². The Morgan fingerprint density at radius 3 is 2.50 bits per heavy atom. The summed E-state index contributed by atoms with van der Waals surface area (Å²) in [5, 5.41) is 0. The predicted molar refractivity (Wildman–Crippen MR) is 80.4 cm³/mol. The summed E-state index contributed by atoms with van der Waals surface area (Å²) in [5.74, 6) is 2.47. The maximum atomic E-state index is 12.3. The Morgan fingerprint density at radius 1 is 1.10 bits per heavy atom. The smallest absolute Gasteiger partial charge is 0.277 e. The molecule has 20 heavy (non-hydrogen) atoms. The van der Waals surface area contributed by atoms with Crippen molar-refractivity contribution in [2.45, 2.75) is 0 Å². The summed E-state index contributed by atoms with van der Waals surface area (Å²) in [6, 6.07) is 14.9. The molecule has 3 rings (SSSR count). The summed E-state index contributed by atoms with van der Waals surface area (Å²) in [6.45, 7) is 0. The van der Waals surface area contributed by atoms with E-state index in [1.807, 2.05) is 48.5 Å². The topological polar surface area (TPSA) is 32.7 Å². The Hall–Kier alpha value is -2.86. The highest BCUT2D eigenvalue weighted by molar-refractivity contribution is 6.54. The van der Waals surface area contributed by atoms with Gasteiger partial charge in [-0.3, -0.25) is 4.79 Å². The van der Waals surface area contributed by atoms with Crippen LogP contribution in [0.3, 0.4) is 0 Å². The van der Waals surface area contributed by atoms with Crippen LogP contribution in [0, 0.1) is 12.3 Å². The van der Waals surface area contributed by atoms with Crippen LogP contribution in [-0.4, -0.2) is 18.7 Å². The summed E-state index contributed by atoms with van der Waals surface area (Å²) in [6.07, 6.45) is 5.32. The minimum Gasteiger partial charge on any atom is -0.309 e. The number of likely N-dealkylation sites (N-methyl/N-ethyl adjacent to an activating group) is 1.